The molecule has 0 atom stereocenters. The van der Waals surface area contributed by atoms with Gasteiger partial charge in [0.05, 0.1) is 14.2 Å². The number of rotatable bonds is 4. The highest BCUT2D eigenvalue weighted by Gasteiger charge is 2.16. The maximum atomic E-state index is 12.0. The molecule has 0 fully saturated rings. The highest BCUT2D eigenvalue weighted by Crippen LogP contribution is 2.17. The summed E-state index contributed by atoms with van der Waals surface area (Å²) >= 11 is 2.12. The van der Waals surface area contributed by atoms with Gasteiger partial charge in [0, 0.05) is 24.8 Å². The van der Waals surface area contributed by atoms with Gasteiger partial charge in [-0.25, -0.2) is 15.0 Å². The van der Waals surface area contributed by atoms with Crippen LogP contribution in [0.25, 0.3) is 0 Å². The Labute approximate surface area is 205 Å². The summed E-state index contributed by atoms with van der Waals surface area (Å²) < 4.78 is 11.0. The van der Waals surface area contributed by atoms with Crippen molar-refractivity contribution in [3.05, 3.63) is 106 Å². The van der Waals surface area contributed by atoms with Gasteiger partial charge in [-0.15, -0.1) is 0 Å². The molecule has 0 aliphatic carbocycles. The van der Waals surface area contributed by atoms with E-state index in [1.807, 2.05) is 18.2 Å². The highest BCUT2D eigenvalue weighted by molar-refractivity contribution is 14.1. The normalized spacial score (nSPS) is 9.15. The third-order valence-corrected chi connectivity index (χ3v) is 4.64. The maximum Gasteiger partial charge on any atom is 0.233 e. The molecule has 0 saturated carbocycles. The van der Waals surface area contributed by atoms with Crippen molar-refractivity contribution in [2.45, 2.75) is 0 Å². The zero-order valence-electron chi connectivity index (χ0n) is 17.9. The molecular formula is C24H20IN5O3. The molecule has 0 amide bonds. The van der Waals surface area contributed by atoms with E-state index in [1.54, 1.807) is 80.4 Å². The monoisotopic (exact) mass is 553 g/mol. The lowest BCUT2D eigenvalue weighted by molar-refractivity contribution is 0.102. The standard InChI is InChI=1S/C12H10N2O2.C6H6INO.C6H4N2/c1-16-10-6-4-8-14-11(10)12(15)9-5-2-3-7-13-9;1-9-5-3-2-4-8-6(5)7;7-5-6-3-1-2-4-8-6/h2-8H,1H3;2-4H,1H3;1-4H. The predicted octanol–water partition coefficient (Wildman–Crippen LogP) is 4.36. The lowest BCUT2D eigenvalue weighted by Gasteiger charge is -2.04. The first kappa shape index (κ1) is 25.4. The average molecular weight is 553 g/mol. The summed E-state index contributed by atoms with van der Waals surface area (Å²) in [6.07, 6.45) is 6.46. The number of nitrogens with zero attached hydrogens (tertiary/aromatic N) is 5. The van der Waals surface area contributed by atoms with Crippen LogP contribution in [-0.2, 0) is 0 Å². The van der Waals surface area contributed by atoms with Crippen LogP contribution in [-0.4, -0.2) is 39.9 Å². The second-order valence-electron chi connectivity index (χ2n) is 5.92. The fraction of sp³-hybridized carbons (Fsp3) is 0.0833. The van der Waals surface area contributed by atoms with Gasteiger partial charge in [0.15, 0.2) is 11.4 Å². The molecule has 166 valence electrons. The van der Waals surface area contributed by atoms with Crippen LogP contribution in [0.5, 0.6) is 11.5 Å². The number of hydrogen-bond donors (Lipinski definition) is 0. The Morgan fingerprint density at radius 1 is 0.788 bits per heavy atom. The minimum atomic E-state index is -0.238. The van der Waals surface area contributed by atoms with Gasteiger partial charge in [-0.05, 0) is 71.1 Å². The zero-order valence-corrected chi connectivity index (χ0v) is 20.1. The summed E-state index contributed by atoms with van der Waals surface area (Å²) in [4.78, 5) is 27.8. The number of hydrogen-bond acceptors (Lipinski definition) is 8. The van der Waals surface area contributed by atoms with Gasteiger partial charge in [0.2, 0.25) is 5.78 Å². The lowest BCUT2D eigenvalue weighted by Crippen LogP contribution is -2.07. The number of carbonyl (C=O) groups excluding carboxylic acids is 1. The van der Waals surface area contributed by atoms with E-state index in [0.717, 1.165) is 9.45 Å². The molecular weight excluding hydrogens is 533 g/mol. The second-order valence-corrected chi connectivity index (χ2v) is 6.94. The Bertz CT molecular complexity index is 1190. The van der Waals surface area contributed by atoms with Crippen molar-refractivity contribution in [3.63, 3.8) is 0 Å². The zero-order chi connectivity index (χ0) is 23.9. The van der Waals surface area contributed by atoms with E-state index < -0.39 is 0 Å². The smallest absolute Gasteiger partial charge is 0.233 e. The predicted molar refractivity (Wildman–Crippen MR) is 131 cm³/mol. The van der Waals surface area contributed by atoms with E-state index in [1.165, 1.54) is 7.11 Å². The number of methoxy groups -OCH3 is 2. The summed E-state index contributed by atoms with van der Waals surface area (Å²) in [5.74, 6) is 1.05. The maximum absolute atomic E-state index is 12.0. The first-order chi connectivity index (χ1) is 16.1. The van der Waals surface area contributed by atoms with Crippen molar-refractivity contribution in [3.8, 4) is 17.6 Å². The number of nitriles is 1. The van der Waals surface area contributed by atoms with E-state index in [2.05, 4.69) is 42.5 Å². The van der Waals surface area contributed by atoms with Crippen LogP contribution < -0.4 is 9.47 Å². The Hall–Kier alpha value is -3.91. The van der Waals surface area contributed by atoms with Crippen molar-refractivity contribution in [2.75, 3.05) is 14.2 Å². The quantitative estimate of drug-likeness (QED) is 0.208. The second kappa shape index (κ2) is 14.2. The van der Waals surface area contributed by atoms with Crippen molar-refractivity contribution < 1.29 is 14.3 Å². The van der Waals surface area contributed by atoms with Gasteiger partial charge in [0.1, 0.15) is 26.9 Å². The van der Waals surface area contributed by atoms with Crippen molar-refractivity contribution >= 4 is 28.4 Å². The molecule has 0 aromatic carbocycles. The molecule has 0 bridgehead atoms. The molecule has 4 aromatic rings. The third kappa shape index (κ3) is 8.27. The SMILES string of the molecule is COc1cccnc1C(=O)c1ccccn1.COc1cccnc1I.N#Cc1ccccn1. The molecule has 0 saturated heterocycles. The Morgan fingerprint density at radius 3 is 1.88 bits per heavy atom. The summed E-state index contributed by atoms with van der Waals surface area (Å²) in [5.41, 5.74) is 1.11. The molecule has 4 aromatic heterocycles. The van der Waals surface area contributed by atoms with Gasteiger partial charge in [-0.1, -0.05) is 12.1 Å². The van der Waals surface area contributed by atoms with Crippen LogP contribution >= 0.6 is 22.6 Å². The van der Waals surface area contributed by atoms with Gasteiger partial charge in [-0.3, -0.25) is 9.78 Å². The first-order valence-electron chi connectivity index (χ1n) is 9.51. The van der Waals surface area contributed by atoms with Crippen molar-refractivity contribution in [1.82, 2.24) is 19.9 Å². The Kier molecular flexibility index (Phi) is 10.9. The fourth-order valence-corrected chi connectivity index (χ4v) is 2.86. The van der Waals surface area contributed by atoms with E-state index in [9.17, 15) is 4.79 Å². The van der Waals surface area contributed by atoms with Crippen LogP contribution in [0.15, 0.2) is 85.5 Å². The molecule has 0 spiro atoms. The van der Waals surface area contributed by atoms with Gasteiger partial charge in [-0.2, -0.15) is 5.26 Å². The largest absolute Gasteiger partial charge is 0.494 e. The van der Waals surface area contributed by atoms with Crippen LogP contribution in [0.3, 0.4) is 0 Å². The topological polar surface area (TPSA) is 111 Å². The molecule has 4 heterocycles. The Balaban J connectivity index is 0.000000192. The summed E-state index contributed by atoms with van der Waals surface area (Å²) in [7, 11) is 3.14. The molecule has 0 unspecified atom stereocenters. The fourth-order valence-electron chi connectivity index (χ4n) is 2.30. The van der Waals surface area contributed by atoms with E-state index >= 15 is 0 Å². The third-order valence-electron chi connectivity index (χ3n) is 3.83. The highest BCUT2D eigenvalue weighted by atomic mass is 127. The minimum Gasteiger partial charge on any atom is -0.494 e. The van der Waals surface area contributed by atoms with Crippen LogP contribution in [0.2, 0.25) is 0 Å². The summed E-state index contributed by atoms with van der Waals surface area (Å²) in [6.45, 7) is 0. The molecule has 33 heavy (non-hydrogen) atoms. The molecule has 9 heteroatoms. The number of ketones is 1. The van der Waals surface area contributed by atoms with Crippen molar-refractivity contribution in [2.24, 2.45) is 0 Å². The summed E-state index contributed by atoms with van der Waals surface area (Å²) in [5, 5.41) is 8.23. The number of halogens is 1. The van der Waals surface area contributed by atoms with Crippen LogP contribution in [0.4, 0.5) is 0 Å². The lowest BCUT2D eigenvalue weighted by atomic mass is 10.1. The van der Waals surface area contributed by atoms with E-state index in [0.29, 0.717) is 17.1 Å². The van der Waals surface area contributed by atoms with E-state index in [4.69, 9.17) is 14.7 Å². The van der Waals surface area contributed by atoms with Crippen LogP contribution in [0, 0.1) is 15.0 Å². The number of ether oxygens (including phenoxy) is 2. The van der Waals surface area contributed by atoms with Gasteiger partial charge < -0.3 is 9.47 Å². The first-order valence-corrected chi connectivity index (χ1v) is 10.6. The minimum absolute atomic E-state index is 0.238. The molecule has 0 aliphatic rings. The number of carbonyl (C=O) groups is 1. The molecule has 8 nitrogen and oxygen atoms in total. The average Bonchev–Trinajstić information content (AvgIpc) is 2.90. The van der Waals surface area contributed by atoms with Gasteiger partial charge >= 0.3 is 0 Å². The van der Waals surface area contributed by atoms with Gasteiger partial charge in [0.25, 0.3) is 0 Å². The number of pyridine rings is 4. The molecule has 4 rings (SSSR count). The number of aromatic nitrogens is 4. The molecule has 0 N–H and O–H groups in total. The van der Waals surface area contributed by atoms with Crippen molar-refractivity contribution in [1.29, 1.82) is 5.26 Å². The van der Waals surface area contributed by atoms with Crippen LogP contribution in [0.1, 0.15) is 21.9 Å². The Morgan fingerprint density at radius 2 is 1.39 bits per heavy atom. The molecule has 0 aliphatic heterocycles. The summed E-state index contributed by atoms with van der Waals surface area (Å²) in [6, 6.07) is 19.5. The van der Waals surface area contributed by atoms with E-state index in [-0.39, 0.29) is 11.5 Å². The molecule has 0 radical (unpaired) electrons.